The molecule has 0 saturated carbocycles. The Labute approximate surface area is 140 Å². The zero-order chi connectivity index (χ0) is 17.1. The van der Waals surface area contributed by atoms with Gasteiger partial charge < -0.3 is 15.4 Å². The second-order valence-corrected chi connectivity index (χ2v) is 5.81. The summed E-state index contributed by atoms with van der Waals surface area (Å²) in [7, 11) is 1.61. The second-order valence-electron chi connectivity index (χ2n) is 5.81. The molecule has 7 heteroatoms. The molecule has 126 valence electrons. The zero-order valence-electron chi connectivity index (χ0n) is 13.5. The third-order valence-corrected chi connectivity index (χ3v) is 4.33. The Balaban J connectivity index is 1.68. The van der Waals surface area contributed by atoms with Gasteiger partial charge in [-0.05, 0) is 43.2 Å². The topological polar surface area (TPSA) is 90.5 Å². The lowest BCUT2D eigenvalue weighted by Crippen LogP contribution is -2.41. The monoisotopic (exact) mass is 328 g/mol. The van der Waals surface area contributed by atoms with E-state index in [1.165, 1.54) is 0 Å². The van der Waals surface area contributed by atoms with Crippen LogP contribution in [-0.2, 0) is 4.79 Å². The summed E-state index contributed by atoms with van der Waals surface area (Å²) in [5.41, 5.74) is 6.56. The molecule has 0 spiro atoms. The van der Waals surface area contributed by atoms with Gasteiger partial charge in [0.2, 0.25) is 5.91 Å². The van der Waals surface area contributed by atoms with Crippen molar-refractivity contribution in [1.29, 1.82) is 0 Å². The number of hydrogen-bond acceptors (Lipinski definition) is 4. The number of nitrogens with two attached hydrogens (primary N) is 1. The number of piperidine rings is 1. The molecule has 1 aliphatic heterocycles. The molecule has 24 heavy (non-hydrogen) atoms. The summed E-state index contributed by atoms with van der Waals surface area (Å²) in [6.07, 6.45) is 2.98. The number of ether oxygens (including phenoxy) is 1. The number of carbonyl (C=O) groups is 2. The molecular formula is C17H20N4O3. The van der Waals surface area contributed by atoms with Crippen LogP contribution in [-0.4, -0.2) is 46.7 Å². The summed E-state index contributed by atoms with van der Waals surface area (Å²) in [6, 6.07) is 9.13. The molecule has 2 aromatic rings. The molecule has 0 unspecified atom stereocenters. The van der Waals surface area contributed by atoms with Crippen molar-refractivity contribution < 1.29 is 14.3 Å². The highest BCUT2D eigenvalue weighted by molar-refractivity contribution is 5.92. The van der Waals surface area contributed by atoms with Gasteiger partial charge in [-0.1, -0.05) is 0 Å². The van der Waals surface area contributed by atoms with E-state index in [9.17, 15) is 9.59 Å². The van der Waals surface area contributed by atoms with Gasteiger partial charge in [0.25, 0.3) is 5.91 Å². The van der Waals surface area contributed by atoms with Crippen LogP contribution in [0.4, 0.5) is 0 Å². The van der Waals surface area contributed by atoms with Gasteiger partial charge in [-0.3, -0.25) is 9.59 Å². The Morgan fingerprint density at radius 2 is 1.83 bits per heavy atom. The van der Waals surface area contributed by atoms with Crippen molar-refractivity contribution in [2.24, 2.45) is 11.7 Å². The van der Waals surface area contributed by atoms with Crippen LogP contribution in [0.1, 0.15) is 23.3 Å². The fourth-order valence-corrected chi connectivity index (χ4v) is 2.85. The number of primary amides is 1. The first-order valence-electron chi connectivity index (χ1n) is 7.87. The molecular weight excluding hydrogens is 308 g/mol. The van der Waals surface area contributed by atoms with E-state index in [4.69, 9.17) is 10.5 Å². The summed E-state index contributed by atoms with van der Waals surface area (Å²) in [6.45, 7) is 1.06. The Bertz CT molecular complexity index is 731. The van der Waals surface area contributed by atoms with Crippen LogP contribution in [0.2, 0.25) is 0 Å². The fourth-order valence-electron chi connectivity index (χ4n) is 2.85. The van der Waals surface area contributed by atoms with Crippen molar-refractivity contribution in [3.05, 3.63) is 42.2 Å². The number of hydrogen-bond donors (Lipinski definition) is 1. The van der Waals surface area contributed by atoms with E-state index in [0.717, 1.165) is 11.4 Å². The molecule has 7 nitrogen and oxygen atoms in total. The Morgan fingerprint density at radius 3 is 2.42 bits per heavy atom. The first-order valence-corrected chi connectivity index (χ1v) is 7.87. The van der Waals surface area contributed by atoms with Gasteiger partial charge in [0.15, 0.2) is 5.69 Å². The van der Waals surface area contributed by atoms with E-state index in [-0.39, 0.29) is 17.7 Å². The SMILES string of the molecule is COc1ccc(-n2ccc(C(=O)N3CCC(C(N)=O)CC3)n2)cc1. The molecule has 2 N–H and O–H groups in total. The van der Waals surface area contributed by atoms with E-state index >= 15 is 0 Å². The highest BCUT2D eigenvalue weighted by Crippen LogP contribution is 2.19. The summed E-state index contributed by atoms with van der Waals surface area (Å²) >= 11 is 0. The summed E-state index contributed by atoms with van der Waals surface area (Å²) in [5.74, 6) is 0.224. The molecule has 2 amide bonds. The number of likely N-dealkylation sites (tertiary alicyclic amines) is 1. The summed E-state index contributed by atoms with van der Waals surface area (Å²) in [4.78, 5) is 25.5. The minimum absolute atomic E-state index is 0.120. The van der Waals surface area contributed by atoms with Crippen LogP contribution >= 0.6 is 0 Å². The van der Waals surface area contributed by atoms with E-state index < -0.39 is 0 Å². The highest BCUT2D eigenvalue weighted by atomic mass is 16.5. The van der Waals surface area contributed by atoms with Crippen molar-refractivity contribution in [3.8, 4) is 11.4 Å². The Hall–Kier alpha value is -2.83. The van der Waals surface area contributed by atoms with E-state index in [0.29, 0.717) is 31.6 Å². The van der Waals surface area contributed by atoms with Gasteiger partial charge in [0, 0.05) is 25.2 Å². The number of carbonyl (C=O) groups excluding carboxylic acids is 2. The van der Waals surface area contributed by atoms with E-state index in [2.05, 4.69) is 5.10 Å². The molecule has 0 aliphatic carbocycles. The minimum atomic E-state index is -0.286. The first-order chi connectivity index (χ1) is 11.6. The first kappa shape index (κ1) is 16.0. The molecule has 2 heterocycles. The molecule has 1 aromatic carbocycles. The van der Waals surface area contributed by atoms with Crippen LogP contribution < -0.4 is 10.5 Å². The van der Waals surface area contributed by atoms with Crippen LogP contribution in [0, 0.1) is 5.92 Å². The maximum atomic E-state index is 12.5. The van der Waals surface area contributed by atoms with Crippen molar-refractivity contribution >= 4 is 11.8 Å². The average Bonchev–Trinajstić information content (AvgIpc) is 3.11. The predicted octanol–water partition coefficient (Wildman–Crippen LogP) is 1.22. The quantitative estimate of drug-likeness (QED) is 0.913. The van der Waals surface area contributed by atoms with Crippen molar-refractivity contribution in [2.75, 3.05) is 20.2 Å². The number of aromatic nitrogens is 2. The highest BCUT2D eigenvalue weighted by Gasteiger charge is 2.27. The van der Waals surface area contributed by atoms with Crippen LogP contribution in [0.25, 0.3) is 5.69 Å². The maximum Gasteiger partial charge on any atom is 0.274 e. The molecule has 0 atom stereocenters. The number of methoxy groups -OCH3 is 1. The lowest BCUT2D eigenvalue weighted by atomic mass is 9.96. The molecule has 3 rings (SSSR count). The number of nitrogens with zero attached hydrogens (tertiary/aromatic N) is 3. The van der Waals surface area contributed by atoms with Gasteiger partial charge >= 0.3 is 0 Å². The number of amides is 2. The van der Waals surface area contributed by atoms with Crippen molar-refractivity contribution in [3.63, 3.8) is 0 Å². The van der Waals surface area contributed by atoms with E-state index in [1.807, 2.05) is 24.3 Å². The molecule has 1 saturated heterocycles. The number of rotatable bonds is 4. The van der Waals surface area contributed by atoms with Crippen LogP contribution in [0.3, 0.4) is 0 Å². The summed E-state index contributed by atoms with van der Waals surface area (Å²) in [5, 5.41) is 4.36. The van der Waals surface area contributed by atoms with Crippen LogP contribution in [0.15, 0.2) is 36.5 Å². The predicted molar refractivity (Wildman–Crippen MR) is 87.9 cm³/mol. The molecule has 0 bridgehead atoms. The maximum absolute atomic E-state index is 12.5. The molecule has 1 fully saturated rings. The fraction of sp³-hybridized carbons (Fsp3) is 0.353. The third-order valence-electron chi connectivity index (χ3n) is 4.33. The lowest BCUT2D eigenvalue weighted by molar-refractivity contribution is -0.123. The second kappa shape index (κ2) is 6.74. The Kier molecular flexibility index (Phi) is 4.50. The lowest BCUT2D eigenvalue weighted by Gasteiger charge is -2.29. The van der Waals surface area contributed by atoms with Crippen molar-refractivity contribution in [2.45, 2.75) is 12.8 Å². The van der Waals surface area contributed by atoms with Gasteiger partial charge in [-0.25, -0.2) is 4.68 Å². The Morgan fingerprint density at radius 1 is 1.17 bits per heavy atom. The van der Waals surface area contributed by atoms with Gasteiger partial charge in [0.05, 0.1) is 12.8 Å². The third kappa shape index (κ3) is 3.24. The van der Waals surface area contributed by atoms with Crippen molar-refractivity contribution in [1.82, 2.24) is 14.7 Å². The molecule has 0 radical (unpaired) electrons. The van der Waals surface area contributed by atoms with E-state index in [1.54, 1.807) is 29.0 Å². The minimum Gasteiger partial charge on any atom is -0.497 e. The number of benzene rings is 1. The van der Waals surface area contributed by atoms with Gasteiger partial charge in [0.1, 0.15) is 5.75 Å². The summed E-state index contributed by atoms with van der Waals surface area (Å²) < 4.78 is 6.79. The molecule has 1 aliphatic rings. The normalized spacial score (nSPS) is 15.3. The van der Waals surface area contributed by atoms with Gasteiger partial charge in [-0.15, -0.1) is 0 Å². The molecule has 1 aromatic heterocycles. The smallest absolute Gasteiger partial charge is 0.274 e. The zero-order valence-corrected chi connectivity index (χ0v) is 13.5. The van der Waals surface area contributed by atoms with Crippen LogP contribution in [0.5, 0.6) is 5.75 Å². The van der Waals surface area contributed by atoms with Gasteiger partial charge in [-0.2, -0.15) is 5.10 Å². The average molecular weight is 328 g/mol. The largest absolute Gasteiger partial charge is 0.497 e. The standard InChI is InChI=1S/C17H20N4O3/c1-24-14-4-2-13(3-5-14)21-11-8-15(19-21)17(23)20-9-6-12(7-10-20)16(18)22/h2-5,8,11-12H,6-7,9-10H2,1H3,(H2,18,22).